The average molecular weight is 386 g/mol. The highest BCUT2D eigenvalue weighted by Crippen LogP contribution is 2.28. The summed E-state index contributed by atoms with van der Waals surface area (Å²) >= 11 is 12.4. The van der Waals surface area contributed by atoms with Gasteiger partial charge in [0.2, 0.25) is 0 Å². The second-order valence-electron chi connectivity index (χ2n) is 5.94. The zero-order valence-corrected chi connectivity index (χ0v) is 15.9. The van der Waals surface area contributed by atoms with Crippen LogP contribution in [0.3, 0.4) is 0 Å². The molecule has 1 atom stereocenters. The Morgan fingerprint density at radius 2 is 1.88 bits per heavy atom. The van der Waals surface area contributed by atoms with Crippen LogP contribution in [0.5, 0.6) is 5.75 Å². The van der Waals surface area contributed by atoms with E-state index in [1.165, 1.54) is 0 Å². The Morgan fingerprint density at radius 1 is 1.15 bits per heavy atom. The van der Waals surface area contributed by atoms with E-state index in [1.54, 1.807) is 23.9 Å². The standard InChI is InChI=1S/C20H17Cl2N3O/c1-13(12-23)19-11-16(9-14-3-6-17(26-2)7-4-14)25(24-19)20-8-5-15(21)10-18(20)22/h3-8,10-11,13H,9H2,1-2H3. The van der Waals surface area contributed by atoms with Crippen molar-refractivity contribution < 1.29 is 4.74 Å². The molecule has 0 aliphatic carbocycles. The van der Waals surface area contributed by atoms with E-state index in [9.17, 15) is 5.26 Å². The normalized spacial score (nSPS) is 11.8. The smallest absolute Gasteiger partial charge is 0.118 e. The van der Waals surface area contributed by atoms with Crippen molar-refractivity contribution in [3.63, 3.8) is 0 Å². The summed E-state index contributed by atoms with van der Waals surface area (Å²) in [5.41, 5.74) is 3.49. The quantitative estimate of drug-likeness (QED) is 0.590. The molecule has 0 bridgehead atoms. The van der Waals surface area contributed by atoms with Gasteiger partial charge >= 0.3 is 0 Å². The van der Waals surface area contributed by atoms with E-state index in [0.29, 0.717) is 22.2 Å². The Balaban J connectivity index is 2.04. The van der Waals surface area contributed by atoms with Crippen molar-refractivity contribution in [1.29, 1.82) is 5.26 Å². The Morgan fingerprint density at radius 3 is 2.50 bits per heavy atom. The highest BCUT2D eigenvalue weighted by Gasteiger charge is 2.16. The third kappa shape index (κ3) is 3.85. The zero-order chi connectivity index (χ0) is 18.7. The summed E-state index contributed by atoms with van der Waals surface area (Å²) in [5.74, 6) is 0.499. The van der Waals surface area contributed by atoms with Crippen LogP contribution in [0.4, 0.5) is 0 Å². The maximum Gasteiger partial charge on any atom is 0.118 e. The molecule has 132 valence electrons. The summed E-state index contributed by atoms with van der Waals surface area (Å²) in [5, 5.41) is 14.9. The van der Waals surface area contributed by atoms with Gasteiger partial charge in [-0.2, -0.15) is 10.4 Å². The Hall–Kier alpha value is -2.48. The Kier molecular flexibility index (Phi) is 5.51. The summed E-state index contributed by atoms with van der Waals surface area (Å²) in [6.07, 6.45) is 0.647. The van der Waals surface area contributed by atoms with Crippen molar-refractivity contribution in [2.45, 2.75) is 19.3 Å². The predicted octanol–water partition coefficient (Wildman–Crippen LogP) is 5.41. The third-order valence-electron chi connectivity index (χ3n) is 4.12. The van der Waals surface area contributed by atoms with E-state index in [1.807, 2.05) is 43.3 Å². The molecule has 0 aliphatic heterocycles. The molecular weight excluding hydrogens is 369 g/mol. The Bertz CT molecular complexity index is 958. The van der Waals surface area contributed by atoms with E-state index < -0.39 is 0 Å². The van der Waals surface area contributed by atoms with Crippen molar-refractivity contribution >= 4 is 23.2 Å². The second kappa shape index (κ2) is 7.82. The van der Waals surface area contributed by atoms with Gasteiger partial charge in [0.15, 0.2) is 0 Å². The lowest BCUT2D eigenvalue weighted by Crippen LogP contribution is -2.04. The SMILES string of the molecule is COc1ccc(Cc2cc(C(C)C#N)nn2-c2ccc(Cl)cc2Cl)cc1. The predicted molar refractivity (Wildman–Crippen MR) is 103 cm³/mol. The fraction of sp³-hybridized carbons (Fsp3) is 0.200. The summed E-state index contributed by atoms with van der Waals surface area (Å²) in [6, 6.07) is 17.3. The van der Waals surface area contributed by atoms with Crippen LogP contribution in [0.2, 0.25) is 10.0 Å². The highest BCUT2D eigenvalue weighted by molar-refractivity contribution is 6.35. The molecule has 3 aromatic rings. The van der Waals surface area contributed by atoms with Crippen LogP contribution < -0.4 is 4.74 Å². The average Bonchev–Trinajstić information content (AvgIpc) is 3.05. The largest absolute Gasteiger partial charge is 0.497 e. The van der Waals surface area contributed by atoms with E-state index in [2.05, 4.69) is 11.2 Å². The van der Waals surface area contributed by atoms with Crippen molar-refractivity contribution in [1.82, 2.24) is 9.78 Å². The van der Waals surface area contributed by atoms with Gasteiger partial charge in [0.05, 0.1) is 35.5 Å². The van der Waals surface area contributed by atoms with Crippen LogP contribution in [-0.4, -0.2) is 16.9 Å². The number of rotatable bonds is 5. The molecule has 0 radical (unpaired) electrons. The molecule has 0 aliphatic rings. The van der Waals surface area contributed by atoms with Crippen molar-refractivity contribution in [2.75, 3.05) is 7.11 Å². The maximum absolute atomic E-state index is 9.24. The van der Waals surface area contributed by atoms with Crippen LogP contribution in [0.1, 0.15) is 29.8 Å². The molecule has 1 aromatic heterocycles. The monoisotopic (exact) mass is 385 g/mol. The number of aromatic nitrogens is 2. The lowest BCUT2D eigenvalue weighted by atomic mass is 10.1. The molecule has 4 nitrogen and oxygen atoms in total. The molecule has 26 heavy (non-hydrogen) atoms. The number of benzene rings is 2. The molecule has 0 saturated carbocycles. The van der Waals surface area contributed by atoms with E-state index in [0.717, 1.165) is 22.7 Å². The van der Waals surface area contributed by atoms with Crippen LogP contribution in [-0.2, 0) is 6.42 Å². The fourth-order valence-corrected chi connectivity index (χ4v) is 3.15. The van der Waals surface area contributed by atoms with Crippen LogP contribution in [0, 0.1) is 11.3 Å². The number of nitrogens with zero attached hydrogens (tertiary/aromatic N) is 3. The van der Waals surface area contributed by atoms with Gasteiger partial charge in [-0.25, -0.2) is 4.68 Å². The molecular formula is C20H17Cl2N3O. The van der Waals surface area contributed by atoms with Crippen LogP contribution in [0.25, 0.3) is 5.69 Å². The summed E-state index contributed by atoms with van der Waals surface area (Å²) in [7, 11) is 1.64. The molecule has 2 aromatic carbocycles. The number of hydrogen-bond donors (Lipinski definition) is 0. The molecule has 3 rings (SSSR count). The maximum atomic E-state index is 9.24. The fourth-order valence-electron chi connectivity index (χ4n) is 2.66. The van der Waals surface area contributed by atoms with Gasteiger partial charge in [0.1, 0.15) is 5.75 Å². The first kappa shape index (κ1) is 18.3. The van der Waals surface area contributed by atoms with E-state index in [-0.39, 0.29) is 5.92 Å². The van der Waals surface area contributed by atoms with Crippen molar-refractivity contribution in [3.8, 4) is 17.5 Å². The zero-order valence-electron chi connectivity index (χ0n) is 14.4. The first-order valence-electron chi connectivity index (χ1n) is 8.08. The van der Waals surface area contributed by atoms with Gasteiger partial charge in [-0.05, 0) is 48.9 Å². The molecule has 1 unspecified atom stereocenters. The van der Waals surface area contributed by atoms with Gasteiger partial charge in [0, 0.05) is 17.1 Å². The van der Waals surface area contributed by atoms with Crippen molar-refractivity contribution in [2.24, 2.45) is 0 Å². The molecule has 6 heteroatoms. The molecule has 0 amide bonds. The van der Waals surface area contributed by atoms with Crippen LogP contribution >= 0.6 is 23.2 Å². The molecule has 1 heterocycles. The number of hydrogen-bond acceptors (Lipinski definition) is 3. The third-order valence-corrected chi connectivity index (χ3v) is 4.66. The molecule has 0 fully saturated rings. The minimum absolute atomic E-state index is 0.308. The minimum Gasteiger partial charge on any atom is -0.497 e. The van der Waals surface area contributed by atoms with Gasteiger partial charge in [-0.15, -0.1) is 0 Å². The topological polar surface area (TPSA) is 50.8 Å². The number of halogens is 2. The van der Waals surface area contributed by atoms with Gasteiger partial charge in [0.25, 0.3) is 0 Å². The second-order valence-corrected chi connectivity index (χ2v) is 6.79. The number of ether oxygens (including phenoxy) is 1. The first-order chi connectivity index (χ1) is 12.5. The molecule has 0 N–H and O–H groups in total. The van der Waals surface area contributed by atoms with Gasteiger partial charge in [-0.3, -0.25) is 0 Å². The molecule has 0 spiro atoms. The summed E-state index contributed by atoms with van der Waals surface area (Å²) in [6.45, 7) is 1.83. The summed E-state index contributed by atoms with van der Waals surface area (Å²) < 4.78 is 6.99. The van der Waals surface area contributed by atoms with Gasteiger partial charge < -0.3 is 4.74 Å². The van der Waals surface area contributed by atoms with Gasteiger partial charge in [-0.1, -0.05) is 35.3 Å². The lowest BCUT2D eigenvalue weighted by Gasteiger charge is -2.10. The minimum atomic E-state index is -0.308. The van der Waals surface area contributed by atoms with E-state index >= 15 is 0 Å². The van der Waals surface area contributed by atoms with Crippen LogP contribution in [0.15, 0.2) is 48.5 Å². The number of methoxy groups -OCH3 is 1. The van der Waals surface area contributed by atoms with Crippen molar-refractivity contribution in [3.05, 3.63) is 75.5 Å². The lowest BCUT2D eigenvalue weighted by molar-refractivity contribution is 0.414. The highest BCUT2D eigenvalue weighted by atomic mass is 35.5. The summed E-state index contributed by atoms with van der Waals surface area (Å²) in [4.78, 5) is 0. The van der Waals surface area contributed by atoms with E-state index in [4.69, 9.17) is 27.9 Å². The first-order valence-corrected chi connectivity index (χ1v) is 8.84. The Labute approximate surface area is 162 Å². The number of nitriles is 1. The molecule has 0 saturated heterocycles.